The van der Waals surface area contributed by atoms with Crippen molar-refractivity contribution in [3.05, 3.63) is 25.0 Å². The first-order chi connectivity index (χ1) is 8.35. The van der Waals surface area contributed by atoms with E-state index in [1.54, 1.807) is 12.3 Å². The quantitative estimate of drug-likeness (QED) is 0.229. The van der Waals surface area contributed by atoms with Crippen LogP contribution in [0.1, 0.15) is 20.3 Å². The molecule has 100 valence electrons. The molecule has 0 fully saturated rings. The van der Waals surface area contributed by atoms with Gasteiger partial charge in [0, 0.05) is 13.2 Å². The summed E-state index contributed by atoms with van der Waals surface area (Å²) in [6.07, 6.45) is 5.83. The van der Waals surface area contributed by atoms with Crippen molar-refractivity contribution in [3.8, 4) is 0 Å². The van der Waals surface area contributed by atoms with Gasteiger partial charge in [-0.05, 0) is 26.3 Å². The van der Waals surface area contributed by atoms with Crippen LogP contribution in [0.3, 0.4) is 0 Å². The lowest BCUT2D eigenvalue weighted by atomic mass is 10.4. The van der Waals surface area contributed by atoms with E-state index >= 15 is 0 Å². The summed E-state index contributed by atoms with van der Waals surface area (Å²) in [7, 11) is 0. The third-order valence-electron chi connectivity index (χ3n) is 1.79. The van der Waals surface area contributed by atoms with E-state index in [4.69, 9.17) is 18.9 Å². The molecule has 0 N–H and O–H groups in total. The van der Waals surface area contributed by atoms with Crippen LogP contribution in [0.25, 0.3) is 0 Å². The van der Waals surface area contributed by atoms with Crippen LogP contribution in [-0.2, 0) is 18.9 Å². The molecule has 0 aliphatic carbocycles. The predicted octanol–water partition coefficient (Wildman–Crippen LogP) is 2.51. The SMILES string of the molecule is C=CCO/C=C/CCOCC(OCC)OCC. The van der Waals surface area contributed by atoms with E-state index in [1.807, 2.05) is 19.9 Å². The van der Waals surface area contributed by atoms with Crippen LogP contribution in [-0.4, -0.2) is 39.3 Å². The molecule has 0 atom stereocenters. The second-order valence-electron chi connectivity index (χ2n) is 3.20. The van der Waals surface area contributed by atoms with Crippen LogP contribution in [0.5, 0.6) is 0 Å². The molecule has 17 heavy (non-hydrogen) atoms. The second-order valence-corrected chi connectivity index (χ2v) is 3.20. The first-order valence-electron chi connectivity index (χ1n) is 6.03. The lowest BCUT2D eigenvalue weighted by Gasteiger charge is -2.16. The van der Waals surface area contributed by atoms with Crippen molar-refractivity contribution in [3.63, 3.8) is 0 Å². The fraction of sp³-hybridized carbons (Fsp3) is 0.692. The van der Waals surface area contributed by atoms with Crippen LogP contribution in [0.4, 0.5) is 0 Å². The molecular formula is C13H24O4. The minimum Gasteiger partial charge on any atom is -0.497 e. The molecule has 0 unspecified atom stereocenters. The maximum Gasteiger partial charge on any atom is 0.180 e. The topological polar surface area (TPSA) is 36.9 Å². The third-order valence-corrected chi connectivity index (χ3v) is 1.79. The van der Waals surface area contributed by atoms with E-state index < -0.39 is 0 Å². The number of hydrogen-bond donors (Lipinski definition) is 0. The van der Waals surface area contributed by atoms with Crippen LogP contribution in [0, 0.1) is 0 Å². The Morgan fingerprint density at radius 2 is 1.88 bits per heavy atom. The Bertz CT molecular complexity index is 186. The Morgan fingerprint density at radius 1 is 1.18 bits per heavy atom. The molecule has 4 heteroatoms. The van der Waals surface area contributed by atoms with Crippen molar-refractivity contribution in [1.82, 2.24) is 0 Å². The molecule has 0 aliphatic heterocycles. The van der Waals surface area contributed by atoms with E-state index in [1.165, 1.54) is 0 Å². The van der Waals surface area contributed by atoms with E-state index in [-0.39, 0.29) is 6.29 Å². The summed E-state index contributed by atoms with van der Waals surface area (Å²) < 4.78 is 21.2. The lowest BCUT2D eigenvalue weighted by molar-refractivity contribution is -0.166. The van der Waals surface area contributed by atoms with E-state index in [0.717, 1.165) is 6.42 Å². The van der Waals surface area contributed by atoms with Gasteiger partial charge in [0.25, 0.3) is 0 Å². The van der Waals surface area contributed by atoms with E-state index in [9.17, 15) is 0 Å². The Kier molecular flexibility index (Phi) is 12.6. The highest BCUT2D eigenvalue weighted by Gasteiger charge is 2.06. The Labute approximate surface area is 104 Å². The minimum absolute atomic E-state index is 0.258. The van der Waals surface area contributed by atoms with E-state index in [0.29, 0.717) is 33.0 Å². The lowest BCUT2D eigenvalue weighted by Crippen LogP contribution is -2.23. The fourth-order valence-corrected chi connectivity index (χ4v) is 1.11. The summed E-state index contributed by atoms with van der Waals surface area (Å²) in [6, 6.07) is 0. The molecule has 0 rings (SSSR count). The molecule has 0 spiro atoms. The molecule has 0 aromatic carbocycles. The zero-order chi connectivity index (χ0) is 12.8. The molecular weight excluding hydrogens is 220 g/mol. The van der Waals surface area contributed by atoms with Crippen LogP contribution >= 0.6 is 0 Å². The standard InChI is InChI=1S/C13H24O4/c1-4-9-14-10-7-8-11-15-12-13(16-5-2)17-6-3/h4,7,10,13H,1,5-6,8-9,11-12H2,2-3H3/b10-7+. The predicted molar refractivity (Wildman–Crippen MR) is 67.8 cm³/mol. The van der Waals surface area contributed by atoms with Gasteiger partial charge >= 0.3 is 0 Å². The average Bonchev–Trinajstić information content (AvgIpc) is 2.33. The molecule has 0 heterocycles. The van der Waals surface area contributed by atoms with Gasteiger partial charge < -0.3 is 18.9 Å². The summed E-state index contributed by atoms with van der Waals surface area (Å²) in [5.74, 6) is 0. The molecule has 0 amide bonds. The van der Waals surface area contributed by atoms with Crippen molar-refractivity contribution in [1.29, 1.82) is 0 Å². The van der Waals surface area contributed by atoms with Crippen molar-refractivity contribution in [2.24, 2.45) is 0 Å². The molecule has 0 aliphatic rings. The Hall–Kier alpha value is -0.840. The summed E-state index contributed by atoms with van der Waals surface area (Å²) in [5, 5.41) is 0. The summed E-state index contributed by atoms with van der Waals surface area (Å²) >= 11 is 0. The highest BCUT2D eigenvalue weighted by molar-refractivity contribution is 4.75. The number of rotatable bonds is 12. The average molecular weight is 244 g/mol. The Balaban J connectivity index is 3.40. The highest BCUT2D eigenvalue weighted by atomic mass is 16.7. The molecule has 0 saturated heterocycles. The number of ether oxygens (including phenoxy) is 4. The summed E-state index contributed by atoms with van der Waals surface area (Å²) in [5.41, 5.74) is 0. The van der Waals surface area contributed by atoms with Crippen molar-refractivity contribution in [2.45, 2.75) is 26.6 Å². The molecule has 0 bridgehead atoms. The van der Waals surface area contributed by atoms with Gasteiger partial charge in [-0.15, -0.1) is 0 Å². The second kappa shape index (κ2) is 13.2. The monoisotopic (exact) mass is 244 g/mol. The maximum atomic E-state index is 5.43. The Morgan fingerprint density at radius 3 is 2.47 bits per heavy atom. The first kappa shape index (κ1) is 16.2. The van der Waals surface area contributed by atoms with E-state index in [2.05, 4.69) is 6.58 Å². The minimum atomic E-state index is -0.258. The number of hydrogen-bond acceptors (Lipinski definition) is 4. The molecule has 0 aromatic rings. The van der Waals surface area contributed by atoms with Crippen molar-refractivity contribution >= 4 is 0 Å². The van der Waals surface area contributed by atoms with Crippen LogP contribution in [0.2, 0.25) is 0 Å². The van der Waals surface area contributed by atoms with Gasteiger partial charge in [0.1, 0.15) is 6.61 Å². The van der Waals surface area contributed by atoms with Crippen LogP contribution in [0.15, 0.2) is 25.0 Å². The summed E-state index contributed by atoms with van der Waals surface area (Å²) in [6.45, 7) is 10.3. The molecule has 0 aromatic heterocycles. The largest absolute Gasteiger partial charge is 0.497 e. The van der Waals surface area contributed by atoms with Gasteiger partial charge in [0.15, 0.2) is 6.29 Å². The van der Waals surface area contributed by atoms with Gasteiger partial charge in [0.05, 0.1) is 19.5 Å². The van der Waals surface area contributed by atoms with Gasteiger partial charge in [0.2, 0.25) is 0 Å². The normalized spacial score (nSPS) is 11.2. The van der Waals surface area contributed by atoms with Gasteiger partial charge in [-0.25, -0.2) is 0 Å². The molecule has 4 nitrogen and oxygen atoms in total. The first-order valence-corrected chi connectivity index (χ1v) is 6.03. The van der Waals surface area contributed by atoms with Crippen molar-refractivity contribution in [2.75, 3.05) is 33.0 Å². The van der Waals surface area contributed by atoms with Gasteiger partial charge in [-0.3, -0.25) is 0 Å². The van der Waals surface area contributed by atoms with Gasteiger partial charge in [-0.1, -0.05) is 12.7 Å². The van der Waals surface area contributed by atoms with Crippen molar-refractivity contribution < 1.29 is 18.9 Å². The fourth-order valence-electron chi connectivity index (χ4n) is 1.11. The highest BCUT2D eigenvalue weighted by Crippen LogP contribution is 1.97. The third kappa shape index (κ3) is 11.4. The molecule has 0 saturated carbocycles. The maximum absolute atomic E-state index is 5.43. The zero-order valence-corrected chi connectivity index (χ0v) is 10.9. The summed E-state index contributed by atoms with van der Waals surface area (Å²) in [4.78, 5) is 0. The zero-order valence-electron chi connectivity index (χ0n) is 10.9. The van der Waals surface area contributed by atoms with Gasteiger partial charge in [-0.2, -0.15) is 0 Å². The van der Waals surface area contributed by atoms with Crippen LogP contribution < -0.4 is 0 Å². The smallest absolute Gasteiger partial charge is 0.180 e. The molecule has 0 radical (unpaired) electrons.